The molecule has 0 fully saturated rings. The fourth-order valence-corrected chi connectivity index (χ4v) is 1.82. The molecule has 1 heterocycles. The van der Waals surface area contributed by atoms with Gasteiger partial charge in [0.05, 0.1) is 0 Å². The minimum atomic E-state index is -0.380. The number of nitrogens with one attached hydrogen (secondary N) is 2. The molecule has 0 saturated carbocycles. The van der Waals surface area contributed by atoms with E-state index in [0.29, 0.717) is 13.1 Å². The number of aromatic nitrogens is 1. The van der Waals surface area contributed by atoms with Crippen molar-refractivity contribution >= 4 is 5.91 Å². The number of amides is 1. The van der Waals surface area contributed by atoms with Crippen molar-refractivity contribution in [2.45, 2.75) is 20.0 Å². The topological polar surface area (TPSA) is 88.0 Å². The summed E-state index contributed by atoms with van der Waals surface area (Å²) >= 11 is 0. The van der Waals surface area contributed by atoms with Crippen molar-refractivity contribution < 1.29 is 4.79 Å². The summed E-state index contributed by atoms with van der Waals surface area (Å²) in [4.78, 5) is 26.5. The zero-order valence-electron chi connectivity index (χ0n) is 11.3. The lowest BCUT2D eigenvalue weighted by atomic mass is 10.1. The zero-order valence-corrected chi connectivity index (χ0v) is 11.3. The summed E-state index contributed by atoms with van der Waals surface area (Å²) in [5.41, 5.74) is 8.08. The number of carbonyl (C=O) groups excluding carboxylic acids is 1. The molecule has 1 aromatic carbocycles. The number of aromatic amines is 1. The second kappa shape index (κ2) is 6.16. The lowest BCUT2D eigenvalue weighted by Crippen LogP contribution is -2.28. The normalized spacial score (nSPS) is 10.3. The molecular formula is C15H17N3O2. The highest BCUT2D eigenvalue weighted by Gasteiger charge is 2.09. The van der Waals surface area contributed by atoms with E-state index in [1.54, 1.807) is 6.92 Å². The zero-order chi connectivity index (χ0) is 14.5. The molecule has 1 amide bonds. The van der Waals surface area contributed by atoms with Crippen LogP contribution in [0.1, 0.15) is 27.2 Å². The van der Waals surface area contributed by atoms with Crippen LogP contribution in [0.15, 0.2) is 41.3 Å². The van der Waals surface area contributed by atoms with Gasteiger partial charge >= 0.3 is 0 Å². The molecule has 0 bridgehead atoms. The number of hydrogen-bond acceptors (Lipinski definition) is 3. The van der Waals surface area contributed by atoms with Crippen LogP contribution in [0, 0.1) is 6.92 Å². The average Bonchev–Trinajstić information content (AvgIpc) is 2.45. The Bertz CT molecular complexity index is 660. The Morgan fingerprint density at radius 2 is 1.90 bits per heavy atom. The SMILES string of the molecule is Cc1cc(=O)c(C(=O)NCc2ccc(CN)cc2)c[nH]1. The Kier molecular flexibility index (Phi) is 4.32. The van der Waals surface area contributed by atoms with Crippen LogP contribution in [0.3, 0.4) is 0 Å². The number of hydrogen-bond donors (Lipinski definition) is 3. The molecule has 20 heavy (non-hydrogen) atoms. The summed E-state index contributed by atoms with van der Waals surface area (Å²) in [6, 6.07) is 9.05. The van der Waals surface area contributed by atoms with Crippen LogP contribution in [-0.2, 0) is 13.1 Å². The number of benzene rings is 1. The summed E-state index contributed by atoms with van der Waals surface area (Å²) in [5.74, 6) is -0.380. The molecular weight excluding hydrogens is 254 g/mol. The number of rotatable bonds is 4. The van der Waals surface area contributed by atoms with Gasteiger partial charge in [-0.15, -0.1) is 0 Å². The minimum absolute atomic E-state index is 0.120. The van der Waals surface area contributed by atoms with Gasteiger partial charge in [-0.2, -0.15) is 0 Å². The molecule has 104 valence electrons. The van der Waals surface area contributed by atoms with E-state index in [1.165, 1.54) is 12.3 Å². The fraction of sp³-hybridized carbons (Fsp3) is 0.200. The smallest absolute Gasteiger partial charge is 0.257 e. The Morgan fingerprint density at radius 1 is 1.25 bits per heavy atom. The third-order valence-electron chi connectivity index (χ3n) is 3.01. The molecule has 4 N–H and O–H groups in total. The van der Waals surface area contributed by atoms with Crippen LogP contribution in [0.25, 0.3) is 0 Å². The number of aryl methyl sites for hydroxylation is 1. The van der Waals surface area contributed by atoms with Gasteiger partial charge < -0.3 is 16.0 Å². The molecule has 1 aromatic heterocycles. The molecule has 0 radical (unpaired) electrons. The second-order valence-corrected chi connectivity index (χ2v) is 4.60. The van der Waals surface area contributed by atoms with E-state index >= 15 is 0 Å². The van der Waals surface area contributed by atoms with Crippen molar-refractivity contribution in [2.24, 2.45) is 5.73 Å². The maximum atomic E-state index is 11.9. The van der Waals surface area contributed by atoms with Crippen LogP contribution in [0.2, 0.25) is 0 Å². The quantitative estimate of drug-likeness (QED) is 0.777. The van der Waals surface area contributed by atoms with Crippen molar-refractivity contribution in [3.63, 3.8) is 0 Å². The van der Waals surface area contributed by atoms with E-state index < -0.39 is 0 Å². The van der Waals surface area contributed by atoms with E-state index in [2.05, 4.69) is 10.3 Å². The highest BCUT2D eigenvalue weighted by atomic mass is 16.2. The van der Waals surface area contributed by atoms with Gasteiger partial charge in [0, 0.05) is 31.0 Å². The second-order valence-electron chi connectivity index (χ2n) is 4.60. The molecule has 0 spiro atoms. The molecule has 0 saturated heterocycles. The summed E-state index contributed by atoms with van der Waals surface area (Å²) < 4.78 is 0. The predicted octanol–water partition coefficient (Wildman–Crippen LogP) is 1.07. The Hall–Kier alpha value is -2.40. The summed E-state index contributed by atoms with van der Waals surface area (Å²) in [6.07, 6.45) is 1.44. The van der Waals surface area contributed by atoms with Crippen molar-refractivity contribution in [3.05, 3.63) is 69.1 Å². The van der Waals surface area contributed by atoms with E-state index in [0.717, 1.165) is 16.8 Å². The van der Waals surface area contributed by atoms with Gasteiger partial charge in [-0.05, 0) is 18.1 Å². The monoisotopic (exact) mass is 271 g/mol. The number of carbonyl (C=O) groups is 1. The van der Waals surface area contributed by atoms with Gasteiger partial charge in [-0.1, -0.05) is 24.3 Å². The van der Waals surface area contributed by atoms with Crippen LogP contribution in [0.5, 0.6) is 0 Å². The largest absolute Gasteiger partial charge is 0.364 e. The van der Waals surface area contributed by atoms with Crippen molar-refractivity contribution in [1.29, 1.82) is 0 Å². The third-order valence-corrected chi connectivity index (χ3v) is 3.01. The molecule has 2 rings (SSSR count). The molecule has 0 atom stereocenters. The number of nitrogens with two attached hydrogens (primary N) is 1. The van der Waals surface area contributed by atoms with E-state index in [-0.39, 0.29) is 16.9 Å². The van der Waals surface area contributed by atoms with E-state index in [4.69, 9.17) is 5.73 Å². The van der Waals surface area contributed by atoms with Gasteiger partial charge in [0.2, 0.25) is 0 Å². The maximum absolute atomic E-state index is 11.9. The van der Waals surface area contributed by atoms with Crippen molar-refractivity contribution in [3.8, 4) is 0 Å². The molecule has 5 nitrogen and oxygen atoms in total. The first-order valence-electron chi connectivity index (χ1n) is 6.35. The van der Waals surface area contributed by atoms with Gasteiger partial charge in [0.25, 0.3) is 5.91 Å². The summed E-state index contributed by atoms with van der Waals surface area (Å²) in [7, 11) is 0. The predicted molar refractivity (Wildman–Crippen MR) is 77.3 cm³/mol. The van der Waals surface area contributed by atoms with Crippen LogP contribution < -0.4 is 16.5 Å². The van der Waals surface area contributed by atoms with Crippen LogP contribution in [0.4, 0.5) is 0 Å². The van der Waals surface area contributed by atoms with Gasteiger partial charge in [0.15, 0.2) is 5.43 Å². The van der Waals surface area contributed by atoms with Gasteiger partial charge in [-0.3, -0.25) is 9.59 Å². The minimum Gasteiger partial charge on any atom is -0.364 e. The first kappa shape index (κ1) is 14.0. The highest BCUT2D eigenvalue weighted by molar-refractivity contribution is 5.93. The molecule has 5 heteroatoms. The third kappa shape index (κ3) is 3.33. The number of H-pyrrole nitrogens is 1. The molecule has 0 aliphatic carbocycles. The Labute approximate surface area is 116 Å². The molecule has 2 aromatic rings. The van der Waals surface area contributed by atoms with Crippen LogP contribution >= 0.6 is 0 Å². The fourth-order valence-electron chi connectivity index (χ4n) is 1.82. The molecule has 0 unspecified atom stereocenters. The standard InChI is InChI=1S/C15H17N3O2/c1-10-6-14(19)13(9-17-10)15(20)18-8-12-4-2-11(7-16)3-5-12/h2-6,9H,7-8,16H2,1H3,(H,17,19)(H,18,20). The lowest BCUT2D eigenvalue weighted by molar-refractivity contribution is 0.0949. The molecule has 0 aliphatic heterocycles. The van der Waals surface area contributed by atoms with E-state index in [1.807, 2.05) is 24.3 Å². The summed E-state index contributed by atoms with van der Waals surface area (Å²) in [5, 5.41) is 2.72. The first-order valence-corrected chi connectivity index (χ1v) is 6.35. The van der Waals surface area contributed by atoms with Crippen molar-refractivity contribution in [1.82, 2.24) is 10.3 Å². The summed E-state index contributed by atoms with van der Waals surface area (Å²) in [6.45, 7) is 2.63. The lowest BCUT2D eigenvalue weighted by Gasteiger charge is -2.06. The number of pyridine rings is 1. The Morgan fingerprint density at radius 3 is 2.50 bits per heavy atom. The Balaban J connectivity index is 2.02. The van der Waals surface area contributed by atoms with Crippen LogP contribution in [-0.4, -0.2) is 10.9 Å². The highest BCUT2D eigenvalue weighted by Crippen LogP contribution is 2.03. The van der Waals surface area contributed by atoms with Gasteiger partial charge in [0.1, 0.15) is 5.56 Å². The molecule has 0 aliphatic rings. The average molecular weight is 271 g/mol. The van der Waals surface area contributed by atoms with Crippen molar-refractivity contribution in [2.75, 3.05) is 0 Å². The first-order chi connectivity index (χ1) is 9.60. The van der Waals surface area contributed by atoms with Gasteiger partial charge in [-0.25, -0.2) is 0 Å². The van der Waals surface area contributed by atoms with E-state index in [9.17, 15) is 9.59 Å². The maximum Gasteiger partial charge on any atom is 0.257 e.